The molecule has 0 atom stereocenters. The molecule has 0 aliphatic carbocycles. The van der Waals surface area contributed by atoms with Gasteiger partial charge in [-0.15, -0.1) is 0 Å². The van der Waals surface area contributed by atoms with Crippen molar-refractivity contribution in [3.63, 3.8) is 0 Å². The molecule has 0 saturated carbocycles. The van der Waals surface area contributed by atoms with Crippen molar-refractivity contribution in [3.8, 4) is 0 Å². The van der Waals surface area contributed by atoms with Gasteiger partial charge in [-0.1, -0.05) is 0 Å². The third-order valence-electron chi connectivity index (χ3n) is 0.183. The Kier molecular flexibility index (Phi) is 18.6. The Morgan fingerprint density at radius 2 is 1.00 bits per heavy atom. The van der Waals surface area contributed by atoms with Gasteiger partial charge in [0, 0.05) is 17.1 Å². The van der Waals surface area contributed by atoms with Crippen LogP contribution in [-0.4, -0.2) is 69.2 Å². The van der Waals surface area contributed by atoms with Gasteiger partial charge >= 0.3 is 51.9 Å². The molecule has 0 aromatic carbocycles. The molecular formula is C2H5FeNaO8S. The fourth-order valence-electron chi connectivity index (χ4n) is 0. The van der Waals surface area contributed by atoms with Crippen LogP contribution in [-0.2, 0) is 37.1 Å². The van der Waals surface area contributed by atoms with Crippen molar-refractivity contribution in [2.45, 2.75) is 0 Å². The number of rotatable bonds is 0. The van der Waals surface area contributed by atoms with Crippen LogP contribution in [0.3, 0.4) is 0 Å². The van der Waals surface area contributed by atoms with Crippen LogP contribution in [0.15, 0.2) is 0 Å². The molecule has 0 aliphatic rings. The predicted molar refractivity (Wildman–Crippen MR) is 36.6 cm³/mol. The molecular weight excluding hydrogens is 263 g/mol. The average Bonchev–Trinajstić information content (AvgIpc) is 1.59. The van der Waals surface area contributed by atoms with Gasteiger partial charge in [0.05, 0.1) is 0 Å². The molecule has 0 aromatic heterocycles. The Hall–Kier alpha value is 0.329. The standard InChI is InChI=1S/C2H2O4.Fe.Na.H2O4S.H/c3-1(4)2(5)6;;;1-5(2,3)4;/h(H,3,4)(H,5,6);;;(H2,1,2,3,4);. The molecule has 8 nitrogen and oxygen atoms in total. The Labute approximate surface area is 106 Å². The SMILES string of the molecule is O=C(O)C(=O)O.O=S(=O)(O)O.[Fe].[NaH]. The number of carbonyl (C=O) groups is 2. The van der Waals surface area contributed by atoms with E-state index in [0.29, 0.717) is 0 Å². The van der Waals surface area contributed by atoms with E-state index >= 15 is 0 Å². The molecule has 0 unspecified atom stereocenters. The fraction of sp³-hybridized carbons (Fsp3) is 0. The van der Waals surface area contributed by atoms with Crippen LogP contribution >= 0.6 is 0 Å². The molecule has 0 spiro atoms. The predicted octanol–water partition coefficient (Wildman–Crippen LogP) is -2.15. The van der Waals surface area contributed by atoms with E-state index in [2.05, 4.69) is 0 Å². The third-order valence-corrected chi connectivity index (χ3v) is 0.183. The first-order valence-corrected chi connectivity index (χ1v) is 3.20. The fourth-order valence-corrected chi connectivity index (χ4v) is 0. The number of hydrogen-bond acceptors (Lipinski definition) is 4. The van der Waals surface area contributed by atoms with Gasteiger partial charge in [0.15, 0.2) is 0 Å². The number of carboxylic acid groups (broad SMARTS) is 2. The van der Waals surface area contributed by atoms with Crippen molar-refractivity contribution in [3.05, 3.63) is 0 Å². The van der Waals surface area contributed by atoms with Crippen molar-refractivity contribution >= 4 is 51.9 Å². The van der Waals surface area contributed by atoms with Crippen LogP contribution in [0.1, 0.15) is 0 Å². The van der Waals surface area contributed by atoms with Crippen molar-refractivity contribution < 1.29 is 54.4 Å². The van der Waals surface area contributed by atoms with Gasteiger partial charge in [-0.05, 0) is 0 Å². The van der Waals surface area contributed by atoms with E-state index < -0.39 is 22.3 Å². The minimum absolute atomic E-state index is 0. The molecule has 0 radical (unpaired) electrons. The third kappa shape index (κ3) is 70.2. The summed E-state index contributed by atoms with van der Waals surface area (Å²) in [6, 6.07) is 0. The summed E-state index contributed by atoms with van der Waals surface area (Å²) in [6.45, 7) is 0. The van der Waals surface area contributed by atoms with E-state index in [0.717, 1.165) is 0 Å². The summed E-state index contributed by atoms with van der Waals surface area (Å²) in [4.78, 5) is 18.2. The van der Waals surface area contributed by atoms with Crippen molar-refractivity contribution in [2.75, 3.05) is 0 Å². The van der Waals surface area contributed by atoms with E-state index in [-0.39, 0.29) is 46.6 Å². The van der Waals surface area contributed by atoms with E-state index in [1.54, 1.807) is 0 Å². The second kappa shape index (κ2) is 10.4. The zero-order valence-corrected chi connectivity index (χ0v) is 7.10. The summed E-state index contributed by atoms with van der Waals surface area (Å²) in [5.74, 6) is -3.65. The average molecular weight is 268 g/mol. The van der Waals surface area contributed by atoms with Crippen LogP contribution < -0.4 is 0 Å². The Morgan fingerprint density at radius 1 is 0.923 bits per heavy atom. The van der Waals surface area contributed by atoms with Crippen LogP contribution in [0.5, 0.6) is 0 Å². The zero-order chi connectivity index (χ0) is 9.65. The Balaban J connectivity index is -0.0000000546. The maximum atomic E-state index is 9.10. The van der Waals surface area contributed by atoms with E-state index in [4.69, 9.17) is 37.3 Å². The monoisotopic (exact) mass is 268 g/mol. The summed E-state index contributed by atoms with van der Waals surface area (Å²) >= 11 is 0. The molecule has 0 aliphatic heterocycles. The summed E-state index contributed by atoms with van der Waals surface area (Å²) in [7, 11) is -4.67. The molecule has 0 rings (SSSR count). The summed E-state index contributed by atoms with van der Waals surface area (Å²) in [5, 5.41) is 14.8. The first-order valence-electron chi connectivity index (χ1n) is 1.80. The zero-order valence-electron chi connectivity index (χ0n) is 5.18. The van der Waals surface area contributed by atoms with Crippen LogP contribution in [0, 0.1) is 0 Å². The molecule has 4 N–H and O–H groups in total. The van der Waals surface area contributed by atoms with Gasteiger partial charge in [0.2, 0.25) is 0 Å². The van der Waals surface area contributed by atoms with E-state index in [9.17, 15) is 0 Å². The first-order chi connectivity index (χ1) is 4.64. The van der Waals surface area contributed by atoms with Crippen LogP contribution in [0.4, 0.5) is 0 Å². The molecule has 76 valence electrons. The maximum absolute atomic E-state index is 9.10. The normalized spacial score (nSPS) is 7.85. The molecule has 0 amide bonds. The number of hydrogen-bond donors (Lipinski definition) is 4. The summed E-state index contributed by atoms with van der Waals surface area (Å²) in [6.07, 6.45) is 0. The summed E-state index contributed by atoms with van der Waals surface area (Å²) < 4.78 is 31.6. The Morgan fingerprint density at radius 3 is 1.00 bits per heavy atom. The van der Waals surface area contributed by atoms with E-state index in [1.807, 2.05) is 0 Å². The first kappa shape index (κ1) is 23.3. The number of carboxylic acids is 2. The van der Waals surface area contributed by atoms with Crippen molar-refractivity contribution in [2.24, 2.45) is 0 Å². The van der Waals surface area contributed by atoms with Gasteiger partial charge in [0.25, 0.3) is 0 Å². The second-order valence-electron chi connectivity index (χ2n) is 1.06. The minimum atomic E-state index is -4.67. The molecule has 0 saturated heterocycles. The second-order valence-corrected chi connectivity index (χ2v) is 1.95. The number of aliphatic carboxylic acids is 2. The molecule has 11 heteroatoms. The summed E-state index contributed by atoms with van der Waals surface area (Å²) in [5.41, 5.74) is 0. The molecule has 0 aromatic rings. The van der Waals surface area contributed by atoms with Gasteiger partial charge in [0.1, 0.15) is 0 Å². The molecule has 13 heavy (non-hydrogen) atoms. The Bertz CT molecular complexity index is 225. The van der Waals surface area contributed by atoms with Crippen molar-refractivity contribution in [1.82, 2.24) is 0 Å². The van der Waals surface area contributed by atoms with Gasteiger partial charge in [-0.2, -0.15) is 8.42 Å². The molecule has 0 bridgehead atoms. The van der Waals surface area contributed by atoms with Gasteiger partial charge in [-0.25, -0.2) is 9.59 Å². The molecule has 0 fully saturated rings. The van der Waals surface area contributed by atoms with E-state index in [1.165, 1.54) is 0 Å². The topological polar surface area (TPSA) is 149 Å². The molecule has 0 heterocycles. The van der Waals surface area contributed by atoms with Crippen molar-refractivity contribution in [1.29, 1.82) is 0 Å². The quantitative estimate of drug-likeness (QED) is 0.220. The van der Waals surface area contributed by atoms with Gasteiger partial charge < -0.3 is 10.2 Å². The van der Waals surface area contributed by atoms with Crippen LogP contribution in [0.2, 0.25) is 0 Å². The van der Waals surface area contributed by atoms with Crippen LogP contribution in [0.25, 0.3) is 0 Å². The van der Waals surface area contributed by atoms with Gasteiger partial charge in [-0.3, -0.25) is 9.11 Å².